The van der Waals surface area contributed by atoms with Crippen LogP contribution >= 0.6 is 0 Å². The molecule has 0 saturated heterocycles. The van der Waals surface area contributed by atoms with E-state index in [4.69, 9.17) is 10.00 Å². The lowest BCUT2D eigenvalue weighted by atomic mass is 9.98. The average Bonchev–Trinajstić information content (AvgIpc) is 2.39. The standard InChI is InChI=1S/C15H14N2O/c1-15(2,12-7-4-3-5-8-12)18-14-10-6-9-13(11-16)17-14/h3-10H,1-2H3. The zero-order valence-electron chi connectivity index (χ0n) is 10.4. The second-order valence-corrected chi connectivity index (χ2v) is 4.45. The number of pyridine rings is 1. The van der Waals surface area contributed by atoms with Gasteiger partial charge in [0.1, 0.15) is 17.4 Å². The first-order valence-corrected chi connectivity index (χ1v) is 5.73. The van der Waals surface area contributed by atoms with E-state index < -0.39 is 5.60 Å². The zero-order chi connectivity index (χ0) is 13.0. The summed E-state index contributed by atoms with van der Waals surface area (Å²) in [4.78, 5) is 4.12. The van der Waals surface area contributed by atoms with Crippen LogP contribution in [0, 0.1) is 11.3 Å². The number of hydrogen-bond acceptors (Lipinski definition) is 3. The second-order valence-electron chi connectivity index (χ2n) is 4.45. The Balaban J connectivity index is 2.25. The number of rotatable bonds is 3. The fourth-order valence-electron chi connectivity index (χ4n) is 1.69. The Morgan fingerprint density at radius 2 is 1.78 bits per heavy atom. The number of benzene rings is 1. The molecule has 1 aromatic heterocycles. The van der Waals surface area contributed by atoms with Crippen LogP contribution in [0.1, 0.15) is 25.1 Å². The van der Waals surface area contributed by atoms with Gasteiger partial charge in [0.05, 0.1) is 0 Å². The Morgan fingerprint density at radius 1 is 1.06 bits per heavy atom. The summed E-state index contributed by atoms with van der Waals surface area (Å²) < 4.78 is 5.87. The van der Waals surface area contributed by atoms with Gasteiger partial charge in [0.2, 0.25) is 5.88 Å². The van der Waals surface area contributed by atoms with E-state index in [2.05, 4.69) is 4.98 Å². The maximum atomic E-state index is 8.81. The van der Waals surface area contributed by atoms with Crippen LogP contribution < -0.4 is 4.74 Å². The Morgan fingerprint density at radius 3 is 2.44 bits per heavy atom. The molecule has 18 heavy (non-hydrogen) atoms. The van der Waals surface area contributed by atoms with Crippen molar-refractivity contribution in [3.63, 3.8) is 0 Å². The van der Waals surface area contributed by atoms with Crippen molar-refractivity contribution in [1.82, 2.24) is 4.98 Å². The molecule has 0 aliphatic carbocycles. The minimum atomic E-state index is -0.484. The van der Waals surface area contributed by atoms with Crippen LogP contribution in [0.15, 0.2) is 48.5 Å². The molecule has 0 spiro atoms. The summed E-state index contributed by atoms with van der Waals surface area (Å²) >= 11 is 0. The summed E-state index contributed by atoms with van der Waals surface area (Å²) in [6, 6.07) is 17.1. The van der Waals surface area contributed by atoms with Gasteiger partial charge in [0.15, 0.2) is 0 Å². The summed E-state index contributed by atoms with van der Waals surface area (Å²) in [6.45, 7) is 3.95. The number of hydrogen-bond donors (Lipinski definition) is 0. The fourth-order valence-corrected chi connectivity index (χ4v) is 1.69. The zero-order valence-corrected chi connectivity index (χ0v) is 10.4. The van der Waals surface area contributed by atoms with E-state index in [1.165, 1.54) is 0 Å². The van der Waals surface area contributed by atoms with E-state index >= 15 is 0 Å². The Hall–Kier alpha value is -2.34. The Bertz CT molecular complexity index is 571. The highest BCUT2D eigenvalue weighted by molar-refractivity contribution is 5.27. The molecule has 0 N–H and O–H groups in total. The first kappa shape index (κ1) is 12.1. The topological polar surface area (TPSA) is 45.9 Å². The summed E-state index contributed by atoms with van der Waals surface area (Å²) in [5, 5.41) is 8.81. The minimum absolute atomic E-state index is 0.358. The number of nitrogens with zero attached hydrogens (tertiary/aromatic N) is 2. The van der Waals surface area contributed by atoms with E-state index in [1.54, 1.807) is 18.2 Å². The van der Waals surface area contributed by atoms with Crippen LogP contribution in [0.4, 0.5) is 0 Å². The molecule has 0 bridgehead atoms. The normalized spacial score (nSPS) is 10.7. The average molecular weight is 238 g/mol. The van der Waals surface area contributed by atoms with Crippen LogP contribution in [0.3, 0.4) is 0 Å². The van der Waals surface area contributed by atoms with Gasteiger partial charge in [-0.05, 0) is 25.5 Å². The third-order valence-electron chi connectivity index (χ3n) is 2.67. The molecule has 0 atom stereocenters. The molecule has 3 heteroatoms. The number of aromatic nitrogens is 1. The van der Waals surface area contributed by atoms with Crippen molar-refractivity contribution < 1.29 is 4.74 Å². The summed E-state index contributed by atoms with van der Waals surface area (Å²) in [5.74, 6) is 0.461. The van der Waals surface area contributed by atoms with Gasteiger partial charge < -0.3 is 4.74 Å². The van der Waals surface area contributed by atoms with Crippen LogP contribution in [0.5, 0.6) is 5.88 Å². The maximum absolute atomic E-state index is 8.81. The van der Waals surface area contributed by atoms with Crippen molar-refractivity contribution in [2.45, 2.75) is 19.4 Å². The highest BCUT2D eigenvalue weighted by Crippen LogP contribution is 2.26. The molecule has 0 unspecified atom stereocenters. The lowest BCUT2D eigenvalue weighted by Gasteiger charge is -2.26. The third kappa shape index (κ3) is 2.67. The predicted octanol–water partition coefficient (Wildman–Crippen LogP) is 3.27. The first-order valence-electron chi connectivity index (χ1n) is 5.73. The first-order chi connectivity index (χ1) is 8.62. The third-order valence-corrected chi connectivity index (χ3v) is 2.67. The van der Waals surface area contributed by atoms with E-state index in [1.807, 2.05) is 50.2 Å². The van der Waals surface area contributed by atoms with Crippen LogP contribution in [0.25, 0.3) is 0 Å². The van der Waals surface area contributed by atoms with Crippen LogP contribution in [-0.4, -0.2) is 4.98 Å². The maximum Gasteiger partial charge on any atom is 0.215 e. The van der Waals surface area contributed by atoms with Crippen molar-refractivity contribution >= 4 is 0 Å². The molecule has 0 saturated carbocycles. The van der Waals surface area contributed by atoms with Gasteiger partial charge >= 0.3 is 0 Å². The van der Waals surface area contributed by atoms with Crippen molar-refractivity contribution in [3.05, 3.63) is 59.8 Å². The Labute approximate surface area is 107 Å². The number of ether oxygens (including phenoxy) is 1. The quantitative estimate of drug-likeness (QED) is 0.824. The monoisotopic (exact) mass is 238 g/mol. The molecule has 0 amide bonds. The molecule has 0 aliphatic heterocycles. The SMILES string of the molecule is CC(C)(Oc1cccc(C#N)n1)c1ccccc1. The van der Waals surface area contributed by atoms with Crippen molar-refractivity contribution in [2.75, 3.05) is 0 Å². The molecule has 0 radical (unpaired) electrons. The van der Waals surface area contributed by atoms with Gasteiger partial charge in [0.25, 0.3) is 0 Å². The van der Waals surface area contributed by atoms with E-state index in [0.29, 0.717) is 11.6 Å². The fraction of sp³-hybridized carbons (Fsp3) is 0.200. The largest absolute Gasteiger partial charge is 0.467 e. The highest BCUT2D eigenvalue weighted by atomic mass is 16.5. The summed E-state index contributed by atoms with van der Waals surface area (Å²) in [7, 11) is 0. The lowest BCUT2D eigenvalue weighted by Crippen LogP contribution is -2.25. The van der Waals surface area contributed by atoms with Crippen LogP contribution in [-0.2, 0) is 5.60 Å². The van der Waals surface area contributed by atoms with Gasteiger partial charge in [-0.1, -0.05) is 36.4 Å². The molecule has 1 heterocycles. The molecule has 90 valence electrons. The van der Waals surface area contributed by atoms with E-state index in [-0.39, 0.29) is 0 Å². The molecular weight excluding hydrogens is 224 g/mol. The smallest absolute Gasteiger partial charge is 0.215 e. The van der Waals surface area contributed by atoms with Crippen molar-refractivity contribution in [2.24, 2.45) is 0 Å². The highest BCUT2D eigenvalue weighted by Gasteiger charge is 2.22. The molecule has 2 rings (SSSR count). The molecule has 0 fully saturated rings. The Kier molecular flexibility index (Phi) is 3.29. The number of nitriles is 1. The summed E-state index contributed by atoms with van der Waals surface area (Å²) in [6.07, 6.45) is 0. The molecule has 2 aromatic rings. The van der Waals surface area contributed by atoms with E-state index in [0.717, 1.165) is 5.56 Å². The molecular formula is C15H14N2O. The summed E-state index contributed by atoms with van der Waals surface area (Å²) in [5.41, 5.74) is 0.938. The lowest BCUT2D eigenvalue weighted by molar-refractivity contribution is 0.102. The van der Waals surface area contributed by atoms with Gasteiger partial charge in [-0.15, -0.1) is 0 Å². The minimum Gasteiger partial charge on any atom is -0.467 e. The van der Waals surface area contributed by atoms with Crippen molar-refractivity contribution in [1.29, 1.82) is 5.26 Å². The molecule has 0 aliphatic rings. The predicted molar refractivity (Wildman–Crippen MR) is 69.0 cm³/mol. The molecule has 1 aromatic carbocycles. The van der Waals surface area contributed by atoms with Crippen molar-refractivity contribution in [3.8, 4) is 11.9 Å². The molecule has 3 nitrogen and oxygen atoms in total. The van der Waals surface area contributed by atoms with E-state index in [9.17, 15) is 0 Å². The second kappa shape index (κ2) is 4.89. The van der Waals surface area contributed by atoms with Crippen LogP contribution in [0.2, 0.25) is 0 Å². The van der Waals surface area contributed by atoms with Gasteiger partial charge in [0, 0.05) is 6.07 Å². The van der Waals surface area contributed by atoms with Gasteiger partial charge in [-0.2, -0.15) is 5.26 Å². The van der Waals surface area contributed by atoms with Gasteiger partial charge in [-0.3, -0.25) is 0 Å². The van der Waals surface area contributed by atoms with Gasteiger partial charge in [-0.25, -0.2) is 4.98 Å².